The summed E-state index contributed by atoms with van der Waals surface area (Å²) >= 11 is 0. The Bertz CT molecular complexity index is 207. The van der Waals surface area contributed by atoms with Crippen molar-refractivity contribution >= 4 is 0 Å². The third-order valence-electron chi connectivity index (χ3n) is 4.25. The molecule has 0 spiro atoms. The predicted molar refractivity (Wildman–Crippen MR) is 84.6 cm³/mol. The zero-order valence-corrected chi connectivity index (χ0v) is 13.8. The monoisotopic (exact) mass is 272 g/mol. The molecule has 0 saturated carbocycles. The van der Waals surface area contributed by atoms with Crippen molar-refractivity contribution < 1.29 is 5.11 Å². The highest BCUT2D eigenvalue weighted by atomic mass is 16.3. The minimum absolute atomic E-state index is 0.128. The second-order valence-corrected chi connectivity index (χ2v) is 5.97. The zero-order valence-electron chi connectivity index (χ0n) is 13.8. The molecule has 0 saturated heterocycles. The van der Waals surface area contributed by atoms with Crippen molar-refractivity contribution in [1.82, 2.24) is 10.2 Å². The van der Waals surface area contributed by atoms with Gasteiger partial charge < -0.3 is 15.3 Å². The third-order valence-corrected chi connectivity index (χ3v) is 4.25. The molecule has 0 amide bonds. The number of hydrogen-bond donors (Lipinski definition) is 2. The Morgan fingerprint density at radius 1 is 1.16 bits per heavy atom. The molecule has 0 aromatic rings. The summed E-state index contributed by atoms with van der Waals surface area (Å²) in [7, 11) is 0. The molecule has 0 aliphatic carbocycles. The average molecular weight is 272 g/mol. The van der Waals surface area contributed by atoms with Crippen molar-refractivity contribution in [2.45, 2.75) is 65.8 Å². The second-order valence-electron chi connectivity index (χ2n) is 5.97. The molecule has 0 fully saturated rings. The first kappa shape index (κ1) is 18.9. The standard InChI is InChI=1S/C16H36N2O/c1-6-11-17-16(5,14-19)10-12-18(9-4)13-15(7-2)8-3/h15,17,19H,6-14H2,1-5H3. The first-order valence-corrected chi connectivity index (χ1v) is 8.13. The zero-order chi connectivity index (χ0) is 14.7. The summed E-state index contributed by atoms with van der Waals surface area (Å²) in [6.07, 6.45) is 4.65. The highest BCUT2D eigenvalue weighted by Crippen LogP contribution is 2.14. The van der Waals surface area contributed by atoms with E-state index in [4.69, 9.17) is 0 Å². The van der Waals surface area contributed by atoms with Crippen molar-refractivity contribution in [2.75, 3.05) is 32.8 Å². The SMILES string of the molecule is CCCNC(C)(CO)CCN(CC)CC(CC)CC. The van der Waals surface area contributed by atoms with Gasteiger partial charge in [-0.05, 0) is 45.3 Å². The van der Waals surface area contributed by atoms with Gasteiger partial charge in [-0.3, -0.25) is 0 Å². The molecule has 0 radical (unpaired) electrons. The van der Waals surface area contributed by atoms with Crippen LogP contribution in [0.1, 0.15) is 60.3 Å². The summed E-state index contributed by atoms with van der Waals surface area (Å²) < 4.78 is 0. The van der Waals surface area contributed by atoms with Crippen LogP contribution in [0.5, 0.6) is 0 Å². The van der Waals surface area contributed by atoms with Crippen LogP contribution in [0, 0.1) is 5.92 Å². The molecule has 0 rings (SSSR count). The summed E-state index contributed by atoms with van der Waals surface area (Å²) in [5.74, 6) is 0.809. The molecule has 0 aliphatic rings. The Labute approximate surface area is 120 Å². The van der Waals surface area contributed by atoms with E-state index in [2.05, 4.69) is 44.8 Å². The summed E-state index contributed by atoms with van der Waals surface area (Å²) in [6, 6.07) is 0. The number of rotatable bonds is 12. The molecule has 0 heterocycles. The van der Waals surface area contributed by atoms with Gasteiger partial charge in [-0.1, -0.05) is 40.5 Å². The van der Waals surface area contributed by atoms with Crippen molar-refractivity contribution in [3.8, 4) is 0 Å². The van der Waals surface area contributed by atoms with E-state index in [1.54, 1.807) is 0 Å². The van der Waals surface area contributed by atoms with E-state index in [1.807, 2.05) is 0 Å². The van der Waals surface area contributed by atoms with Gasteiger partial charge in [0.15, 0.2) is 0 Å². The maximum absolute atomic E-state index is 9.59. The lowest BCUT2D eigenvalue weighted by molar-refractivity contribution is 0.140. The average Bonchev–Trinajstić information content (AvgIpc) is 2.45. The van der Waals surface area contributed by atoms with Crippen LogP contribution in [0.15, 0.2) is 0 Å². The van der Waals surface area contributed by atoms with E-state index in [9.17, 15) is 5.11 Å². The Morgan fingerprint density at radius 3 is 2.21 bits per heavy atom. The molecule has 0 aromatic heterocycles. The summed E-state index contributed by atoms with van der Waals surface area (Å²) in [6.45, 7) is 15.7. The second kappa shape index (κ2) is 10.6. The van der Waals surface area contributed by atoms with E-state index < -0.39 is 0 Å². The minimum Gasteiger partial charge on any atom is -0.394 e. The Morgan fingerprint density at radius 2 is 1.79 bits per heavy atom. The van der Waals surface area contributed by atoms with E-state index in [0.29, 0.717) is 0 Å². The number of nitrogens with one attached hydrogen (secondary N) is 1. The lowest BCUT2D eigenvalue weighted by Crippen LogP contribution is -2.48. The van der Waals surface area contributed by atoms with Crippen LogP contribution < -0.4 is 5.32 Å². The normalized spacial score (nSPS) is 15.2. The van der Waals surface area contributed by atoms with Gasteiger partial charge in [-0.2, -0.15) is 0 Å². The molecular weight excluding hydrogens is 236 g/mol. The smallest absolute Gasteiger partial charge is 0.0611 e. The molecule has 19 heavy (non-hydrogen) atoms. The van der Waals surface area contributed by atoms with Gasteiger partial charge in [-0.15, -0.1) is 0 Å². The maximum Gasteiger partial charge on any atom is 0.0611 e. The Balaban J connectivity index is 4.22. The highest BCUT2D eigenvalue weighted by Gasteiger charge is 2.23. The Kier molecular flexibility index (Phi) is 10.6. The van der Waals surface area contributed by atoms with Gasteiger partial charge in [0, 0.05) is 12.1 Å². The molecule has 3 heteroatoms. The first-order chi connectivity index (χ1) is 9.05. The third kappa shape index (κ3) is 7.91. The van der Waals surface area contributed by atoms with Crippen LogP contribution in [-0.4, -0.2) is 48.3 Å². The lowest BCUT2D eigenvalue weighted by Gasteiger charge is -2.33. The lowest BCUT2D eigenvalue weighted by atomic mass is 9.97. The van der Waals surface area contributed by atoms with E-state index >= 15 is 0 Å². The van der Waals surface area contributed by atoms with Crippen molar-refractivity contribution in [3.05, 3.63) is 0 Å². The topological polar surface area (TPSA) is 35.5 Å². The van der Waals surface area contributed by atoms with Crippen LogP contribution in [0.2, 0.25) is 0 Å². The molecule has 1 unspecified atom stereocenters. The van der Waals surface area contributed by atoms with Gasteiger partial charge in [0.05, 0.1) is 6.61 Å². The van der Waals surface area contributed by atoms with Crippen LogP contribution in [-0.2, 0) is 0 Å². The molecule has 0 aliphatic heterocycles. The Hall–Kier alpha value is -0.120. The van der Waals surface area contributed by atoms with Gasteiger partial charge in [0.1, 0.15) is 0 Å². The van der Waals surface area contributed by atoms with Crippen molar-refractivity contribution in [2.24, 2.45) is 5.92 Å². The van der Waals surface area contributed by atoms with E-state index in [0.717, 1.165) is 38.4 Å². The van der Waals surface area contributed by atoms with Crippen LogP contribution in [0.3, 0.4) is 0 Å². The van der Waals surface area contributed by atoms with Gasteiger partial charge in [0.2, 0.25) is 0 Å². The number of aliphatic hydroxyl groups excluding tert-OH is 1. The summed E-state index contributed by atoms with van der Waals surface area (Å²) in [4.78, 5) is 2.53. The number of nitrogens with zero attached hydrogens (tertiary/aromatic N) is 1. The molecule has 3 nitrogen and oxygen atoms in total. The van der Waals surface area contributed by atoms with Crippen molar-refractivity contribution in [3.63, 3.8) is 0 Å². The fraction of sp³-hybridized carbons (Fsp3) is 1.00. The van der Waals surface area contributed by atoms with Gasteiger partial charge in [0.25, 0.3) is 0 Å². The van der Waals surface area contributed by atoms with E-state index in [1.165, 1.54) is 19.4 Å². The summed E-state index contributed by atoms with van der Waals surface area (Å²) in [5.41, 5.74) is -0.128. The molecule has 0 bridgehead atoms. The van der Waals surface area contributed by atoms with E-state index in [-0.39, 0.29) is 12.1 Å². The van der Waals surface area contributed by atoms with Crippen LogP contribution in [0.25, 0.3) is 0 Å². The fourth-order valence-corrected chi connectivity index (χ4v) is 2.35. The number of aliphatic hydroxyl groups is 1. The number of hydrogen-bond acceptors (Lipinski definition) is 3. The van der Waals surface area contributed by atoms with Crippen LogP contribution in [0.4, 0.5) is 0 Å². The van der Waals surface area contributed by atoms with Crippen molar-refractivity contribution in [1.29, 1.82) is 0 Å². The van der Waals surface area contributed by atoms with Gasteiger partial charge >= 0.3 is 0 Å². The molecule has 2 N–H and O–H groups in total. The molecular formula is C16H36N2O. The largest absolute Gasteiger partial charge is 0.394 e. The molecule has 1 atom stereocenters. The molecule has 0 aromatic carbocycles. The maximum atomic E-state index is 9.59. The first-order valence-electron chi connectivity index (χ1n) is 8.13. The predicted octanol–water partition coefficient (Wildman–Crippen LogP) is 2.89. The fourth-order valence-electron chi connectivity index (χ4n) is 2.35. The highest BCUT2D eigenvalue weighted by molar-refractivity contribution is 4.83. The van der Waals surface area contributed by atoms with Crippen LogP contribution >= 0.6 is 0 Å². The quantitative estimate of drug-likeness (QED) is 0.573. The molecule has 116 valence electrons. The minimum atomic E-state index is -0.128. The van der Waals surface area contributed by atoms with Gasteiger partial charge in [-0.25, -0.2) is 0 Å². The summed E-state index contributed by atoms with van der Waals surface area (Å²) in [5, 5.41) is 13.1.